The van der Waals surface area contributed by atoms with Crippen LogP contribution in [0, 0.1) is 0 Å². The van der Waals surface area contributed by atoms with Crippen molar-refractivity contribution in [3.8, 4) is 0 Å². The van der Waals surface area contributed by atoms with Crippen molar-refractivity contribution >= 4 is 5.91 Å². The standard InChI is InChI=1S/C65H121NO8/c1-3-5-7-9-11-13-15-17-19-21-23-25-27-28-29-30-31-32-33-35-37-39-41-43-45-47-49-51-53-55-61(69)66-58(57-73-65-64(72)63(71)62(70)60(56-67)74-65)59(68)54-52-50-48-46-44-42-40-38-36-34-26-24-22-20-18-16-14-12-10-8-6-4-2/h28-29,36,38,44,46,52,54,58-60,62-65,67-68,70-72H,3-27,30-35,37,39-43,45,47-51,53,55-57H2,1-2H3,(H,66,69)/b29-28-,38-36+,46-44+,54-52+. The summed E-state index contributed by atoms with van der Waals surface area (Å²) in [6.45, 7) is 3.79. The maximum atomic E-state index is 13.1. The second kappa shape index (κ2) is 54.5. The summed E-state index contributed by atoms with van der Waals surface area (Å²) < 4.78 is 11.3. The van der Waals surface area contributed by atoms with E-state index in [4.69, 9.17) is 9.47 Å². The SMILES string of the molecule is CCCCCCCCCCCCCC/C=C\CCCCCCCCCCCCCCCC(=O)NC(COC1OC(CO)C(O)C(O)C1O)C(O)/C=C/CC/C=C/CC/C=C/CCCCCCCCCCCCCC. The molecule has 0 aromatic carbocycles. The number of aliphatic hydroxyl groups excluding tert-OH is 5. The van der Waals surface area contributed by atoms with Gasteiger partial charge in [-0.3, -0.25) is 4.79 Å². The average molecular weight is 1040 g/mol. The molecule has 0 aromatic heterocycles. The lowest BCUT2D eigenvalue weighted by atomic mass is 9.99. The minimum Gasteiger partial charge on any atom is -0.394 e. The van der Waals surface area contributed by atoms with Crippen LogP contribution in [0.3, 0.4) is 0 Å². The normalized spacial score (nSPS) is 19.3. The molecular weight excluding hydrogens is 923 g/mol. The first-order valence-electron chi connectivity index (χ1n) is 31.9. The molecule has 0 spiro atoms. The Hall–Kier alpha value is -1.85. The van der Waals surface area contributed by atoms with Crippen molar-refractivity contribution in [2.24, 2.45) is 0 Å². The van der Waals surface area contributed by atoms with Crippen LogP contribution in [-0.4, -0.2) is 87.5 Å². The first-order chi connectivity index (χ1) is 36.3. The van der Waals surface area contributed by atoms with Crippen molar-refractivity contribution in [2.45, 2.75) is 346 Å². The second-order valence-corrected chi connectivity index (χ2v) is 22.2. The van der Waals surface area contributed by atoms with Gasteiger partial charge in [0.15, 0.2) is 6.29 Å². The first-order valence-corrected chi connectivity index (χ1v) is 31.9. The Labute approximate surface area is 456 Å². The fraction of sp³-hybridized carbons (Fsp3) is 0.862. The van der Waals surface area contributed by atoms with E-state index in [-0.39, 0.29) is 12.5 Å². The van der Waals surface area contributed by atoms with Gasteiger partial charge in [-0.15, -0.1) is 0 Å². The van der Waals surface area contributed by atoms with E-state index in [1.165, 1.54) is 238 Å². The predicted molar refractivity (Wildman–Crippen MR) is 313 cm³/mol. The largest absolute Gasteiger partial charge is 0.394 e. The summed E-state index contributed by atoms with van der Waals surface area (Å²) in [4.78, 5) is 13.1. The lowest BCUT2D eigenvalue weighted by Gasteiger charge is -2.40. The van der Waals surface area contributed by atoms with Gasteiger partial charge in [0.2, 0.25) is 5.91 Å². The molecule has 434 valence electrons. The summed E-state index contributed by atoms with van der Waals surface area (Å²) in [6.07, 6.45) is 66.3. The van der Waals surface area contributed by atoms with Gasteiger partial charge in [0.25, 0.3) is 0 Å². The Morgan fingerprint density at radius 2 is 0.770 bits per heavy atom. The van der Waals surface area contributed by atoms with Crippen LogP contribution in [-0.2, 0) is 14.3 Å². The molecule has 0 radical (unpaired) electrons. The number of hydrogen-bond acceptors (Lipinski definition) is 8. The summed E-state index contributed by atoms with van der Waals surface area (Å²) in [6, 6.07) is -0.829. The summed E-state index contributed by atoms with van der Waals surface area (Å²) in [5, 5.41) is 54.6. The number of allylic oxidation sites excluding steroid dienone is 7. The van der Waals surface area contributed by atoms with Crippen LogP contribution in [0.25, 0.3) is 0 Å². The first kappa shape index (κ1) is 70.2. The van der Waals surface area contributed by atoms with Crippen molar-refractivity contribution in [3.05, 3.63) is 48.6 Å². The minimum absolute atomic E-state index is 0.188. The molecule has 7 unspecified atom stereocenters. The molecule has 9 nitrogen and oxygen atoms in total. The Morgan fingerprint density at radius 3 is 1.14 bits per heavy atom. The molecule has 1 amide bonds. The zero-order valence-electron chi connectivity index (χ0n) is 48.4. The molecule has 0 saturated carbocycles. The summed E-state index contributed by atoms with van der Waals surface area (Å²) >= 11 is 0. The minimum atomic E-state index is -1.58. The highest BCUT2D eigenvalue weighted by Crippen LogP contribution is 2.23. The van der Waals surface area contributed by atoms with Gasteiger partial charge in [-0.25, -0.2) is 0 Å². The van der Waals surface area contributed by atoms with Crippen molar-refractivity contribution in [1.82, 2.24) is 5.32 Å². The maximum absolute atomic E-state index is 13.1. The van der Waals surface area contributed by atoms with Crippen LogP contribution in [0.2, 0.25) is 0 Å². The highest BCUT2D eigenvalue weighted by Gasteiger charge is 2.44. The van der Waals surface area contributed by atoms with Gasteiger partial charge in [-0.1, -0.05) is 274 Å². The molecule has 1 aliphatic rings. The number of hydrogen-bond donors (Lipinski definition) is 6. The van der Waals surface area contributed by atoms with E-state index in [2.05, 4.69) is 55.6 Å². The van der Waals surface area contributed by atoms with Gasteiger partial charge in [0.05, 0.1) is 25.4 Å². The van der Waals surface area contributed by atoms with Gasteiger partial charge in [0, 0.05) is 6.42 Å². The molecule has 1 fully saturated rings. The van der Waals surface area contributed by atoms with Crippen LogP contribution in [0.4, 0.5) is 0 Å². The monoisotopic (exact) mass is 1040 g/mol. The molecular formula is C65H121NO8. The summed E-state index contributed by atoms with van der Waals surface area (Å²) in [5.74, 6) is -0.188. The number of nitrogens with one attached hydrogen (secondary N) is 1. The Bertz CT molecular complexity index is 1300. The zero-order chi connectivity index (χ0) is 53.6. The summed E-state index contributed by atoms with van der Waals surface area (Å²) in [7, 11) is 0. The molecule has 0 aromatic rings. The third-order valence-corrected chi connectivity index (χ3v) is 15.1. The van der Waals surface area contributed by atoms with Crippen LogP contribution in [0.5, 0.6) is 0 Å². The predicted octanol–water partition coefficient (Wildman–Crippen LogP) is 16.5. The molecule has 0 aliphatic carbocycles. The molecule has 1 rings (SSSR count). The average Bonchev–Trinajstić information content (AvgIpc) is 3.40. The zero-order valence-corrected chi connectivity index (χ0v) is 48.4. The maximum Gasteiger partial charge on any atom is 0.220 e. The number of aliphatic hydroxyl groups is 5. The number of carbonyl (C=O) groups excluding carboxylic acids is 1. The molecule has 1 saturated heterocycles. The van der Waals surface area contributed by atoms with E-state index in [1.807, 2.05) is 6.08 Å². The van der Waals surface area contributed by atoms with Gasteiger partial charge >= 0.3 is 0 Å². The van der Waals surface area contributed by atoms with Gasteiger partial charge < -0.3 is 40.3 Å². The van der Waals surface area contributed by atoms with E-state index in [0.29, 0.717) is 6.42 Å². The molecule has 74 heavy (non-hydrogen) atoms. The van der Waals surface area contributed by atoms with Crippen LogP contribution in [0.1, 0.15) is 303 Å². The lowest BCUT2D eigenvalue weighted by Crippen LogP contribution is -2.60. The van der Waals surface area contributed by atoms with Gasteiger partial charge in [-0.05, 0) is 70.6 Å². The van der Waals surface area contributed by atoms with Gasteiger partial charge in [0.1, 0.15) is 24.4 Å². The van der Waals surface area contributed by atoms with E-state index in [9.17, 15) is 30.3 Å². The van der Waals surface area contributed by atoms with E-state index >= 15 is 0 Å². The summed E-state index contributed by atoms with van der Waals surface area (Å²) in [5.41, 5.74) is 0. The van der Waals surface area contributed by atoms with E-state index < -0.39 is 49.5 Å². The third-order valence-electron chi connectivity index (χ3n) is 15.1. The molecule has 0 bridgehead atoms. The fourth-order valence-electron chi connectivity index (χ4n) is 10.1. The third kappa shape index (κ3) is 43.2. The number of carbonyl (C=O) groups is 1. The Balaban J connectivity index is 2.20. The number of unbranched alkanes of at least 4 members (excludes halogenated alkanes) is 39. The highest BCUT2D eigenvalue weighted by atomic mass is 16.7. The van der Waals surface area contributed by atoms with Crippen LogP contribution in [0.15, 0.2) is 48.6 Å². The number of ether oxygens (including phenoxy) is 2. The van der Waals surface area contributed by atoms with E-state index in [0.717, 1.165) is 44.9 Å². The molecule has 7 atom stereocenters. The molecule has 9 heteroatoms. The van der Waals surface area contributed by atoms with Crippen molar-refractivity contribution in [2.75, 3.05) is 13.2 Å². The Kier molecular flexibility index (Phi) is 51.7. The van der Waals surface area contributed by atoms with Crippen LogP contribution >= 0.6 is 0 Å². The fourth-order valence-corrected chi connectivity index (χ4v) is 10.1. The van der Waals surface area contributed by atoms with Crippen molar-refractivity contribution in [3.63, 3.8) is 0 Å². The molecule has 1 aliphatic heterocycles. The van der Waals surface area contributed by atoms with Crippen molar-refractivity contribution in [1.29, 1.82) is 0 Å². The van der Waals surface area contributed by atoms with Crippen molar-refractivity contribution < 1.29 is 39.8 Å². The van der Waals surface area contributed by atoms with Crippen LogP contribution < -0.4 is 5.32 Å². The number of rotatable bonds is 55. The topological polar surface area (TPSA) is 149 Å². The second-order valence-electron chi connectivity index (χ2n) is 22.2. The molecule has 1 heterocycles. The Morgan fingerprint density at radius 1 is 0.446 bits per heavy atom. The number of amides is 1. The molecule has 6 N–H and O–H groups in total. The van der Waals surface area contributed by atoms with E-state index in [1.54, 1.807) is 6.08 Å². The smallest absolute Gasteiger partial charge is 0.220 e. The lowest BCUT2D eigenvalue weighted by molar-refractivity contribution is -0.302. The highest BCUT2D eigenvalue weighted by molar-refractivity contribution is 5.76. The van der Waals surface area contributed by atoms with Gasteiger partial charge in [-0.2, -0.15) is 0 Å². The quantitative estimate of drug-likeness (QED) is 0.0261.